The van der Waals surface area contributed by atoms with Crippen LogP contribution in [0.3, 0.4) is 0 Å². The average molecular weight is 336 g/mol. The van der Waals surface area contributed by atoms with Crippen LogP contribution in [0.25, 0.3) is 0 Å². The molecule has 0 aliphatic carbocycles. The van der Waals surface area contributed by atoms with Gasteiger partial charge >= 0.3 is 6.18 Å². The van der Waals surface area contributed by atoms with Crippen LogP contribution in [-0.4, -0.2) is 16.0 Å². The summed E-state index contributed by atoms with van der Waals surface area (Å²) >= 11 is 7.18. The minimum atomic E-state index is -4.55. The molecule has 0 aliphatic rings. The fourth-order valence-corrected chi connectivity index (χ4v) is 2.68. The molecule has 2 aromatic rings. The minimum absolute atomic E-state index is 0.0286. The lowest BCUT2D eigenvalue weighted by atomic mass is 10.2. The van der Waals surface area contributed by atoms with Crippen molar-refractivity contribution in [2.75, 3.05) is 4.90 Å². The summed E-state index contributed by atoms with van der Waals surface area (Å²) in [7, 11) is 0. The number of anilines is 1. The Morgan fingerprint density at radius 2 is 2.05 bits per heavy atom. The van der Waals surface area contributed by atoms with Crippen molar-refractivity contribution in [2.24, 2.45) is 0 Å². The van der Waals surface area contributed by atoms with Gasteiger partial charge in [-0.3, -0.25) is 0 Å². The van der Waals surface area contributed by atoms with E-state index in [0.29, 0.717) is 6.54 Å². The third-order valence-electron chi connectivity index (χ3n) is 2.80. The van der Waals surface area contributed by atoms with Crippen LogP contribution in [-0.2, 0) is 12.7 Å². The molecule has 0 atom stereocenters. The molecule has 3 nitrogen and oxygen atoms in total. The molecule has 0 amide bonds. The summed E-state index contributed by atoms with van der Waals surface area (Å²) < 4.78 is 38.5. The van der Waals surface area contributed by atoms with Crippen molar-refractivity contribution in [3.63, 3.8) is 0 Å². The van der Waals surface area contributed by atoms with Crippen molar-refractivity contribution in [3.8, 4) is 0 Å². The Labute approximate surface area is 129 Å². The Kier molecular flexibility index (Phi) is 4.73. The zero-order chi connectivity index (χ0) is 15.6. The number of hydrogen-bond acceptors (Lipinski definition) is 4. The van der Waals surface area contributed by atoms with Gasteiger partial charge in [-0.1, -0.05) is 6.07 Å². The highest BCUT2D eigenvalue weighted by Crippen LogP contribution is 2.31. The van der Waals surface area contributed by atoms with Crippen molar-refractivity contribution in [3.05, 3.63) is 39.4 Å². The van der Waals surface area contributed by atoms with Gasteiger partial charge < -0.3 is 4.90 Å². The van der Waals surface area contributed by atoms with E-state index in [4.69, 9.17) is 11.6 Å². The van der Waals surface area contributed by atoms with E-state index >= 15 is 0 Å². The van der Waals surface area contributed by atoms with Crippen LogP contribution in [0.4, 0.5) is 19.0 Å². The molecule has 8 heteroatoms. The van der Waals surface area contributed by atoms with Gasteiger partial charge in [0.15, 0.2) is 5.69 Å². The highest BCUT2D eigenvalue weighted by atomic mass is 35.5. The van der Waals surface area contributed by atoms with Gasteiger partial charge in [-0.05, 0) is 36.9 Å². The molecule has 2 heterocycles. The van der Waals surface area contributed by atoms with Gasteiger partial charge in [0, 0.05) is 17.0 Å². The molecule has 0 radical (unpaired) electrons. The van der Waals surface area contributed by atoms with Gasteiger partial charge in [-0.25, -0.2) is 9.97 Å². The Bertz CT molecular complexity index is 599. The van der Waals surface area contributed by atoms with Crippen molar-refractivity contribution < 1.29 is 13.2 Å². The monoisotopic (exact) mass is 335 g/mol. The number of rotatable bonds is 4. The van der Waals surface area contributed by atoms with Crippen LogP contribution in [0.1, 0.15) is 24.4 Å². The first-order valence-electron chi connectivity index (χ1n) is 6.18. The van der Waals surface area contributed by atoms with E-state index in [2.05, 4.69) is 9.97 Å². The zero-order valence-electron chi connectivity index (χ0n) is 11.4. The van der Waals surface area contributed by atoms with Crippen LogP contribution in [0.2, 0.25) is 5.28 Å². The van der Waals surface area contributed by atoms with E-state index in [-0.39, 0.29) is 11.9 Å². The first-order chi connectivity index (χ1) is 9.77. The molecule has 0 N–H and O–H groups in total. The second-order valence-electron chi connectivity index (χ2n) is 4.68. The average Bonchev–Trinajstić information content (AvgIpc) is 2.86. The Morgan fingerprint density at radius 1 is 1.33 bits per heavy atom. The van der Waals surface area contributed by atoms with E-state index in [1.165, 1.54) is 11.3 Å². The van der Waals surface area contributed by atoms with Crippen molar-refractivity contribution in [2.45, 2.75) is 32.6 Å². The number of thiophene rings is 1. The van der Waals surface area contributed by atoms with Crippen LogP contribution in [0, 0.1) is 0 Å². The molecular formula is C13H13ClF3N3S. The van der Waals surface area contributed by atoms with Gasteiger partial charge in [0.2, 0.25) is 5.28 Å². The largest absolute Gasteiger partial charge is 0.433 e. The maximum Gasteiger partial charge on any atom is 0.433 e. The summed E-state index contributed by atoms with van der Waals surface area (Å²) in [4.78, 5) is 9.98. The number of hydrogen-bond donors (Lipinski definition) is 0. The molecular weight excluding hydrogens is 323 g/mol. The second kappa shape index (κ2) is 6.19. The van der Waals surface area contributed by atoms with Crippen LogP contribution in [0.5, 0.6) is 0 Å². The van der Waals surface area contributed by atoms with Gasteiger partial charge in [0.25, 0.3) is 0 Å². The molecule has 0 fully saturated rings. The fraction of sp³-hybridized carbons (Fsp3) is 0.385. The number of aromatic nitrogens is 2. The summed E-state index contributed by atoms with van der Waals surface area (Å²) in [5, 5.41) is 1.51. The summed E-state index contributed by atoms with van der Waals surface area (Å²) in [6.07, 6.45) is -4.55. The standard InChI is InChI=1S/C13H13ClF3N3S/c1-8(2)20(7-9-4-3-5-21-9)11-6-10(13(15,16)17)18-12(14)19-11/h3-6,8H,7H2,1-2H3. The highest BCUT2D eigenvalue weighted by molar-refractivity contribution is 7.09. The van der Waals surface area contributed by atoms with Gasteiger partial charge in [0.05, 0.1) is 6.54 Å². The van der Waals surface area contributed by atoms with Crippen molar-refractivity contribution in [1.29, 1.82) is 0 Å². The van der Waals surface area contributed by atoms with E-state index in [0.717, 1.165) is 10.9 Å². The molecule has 0 aromatic carbocycles. The number of alkyl halides is 3. The van der Waals surface area contributed by atoms with E-state index in [1.54, 1.807) is 4.90 Å². The van der Waals surface area contributed by atoms with Gasteiger partial charge in [-0.15, -0.1) is 11.3 Å². The minimum Gasteiger partial charge on any atom is -0.349 e. The highest BCUT2D eigenvalue weighted by Gasteiger charge is 2.34. The zero-order valence-corrected chi connectivity index (χ0v) is 12.9. The number of nitrogens with zero attached hydrogens (tertiary/aromatic N) is 3. The van der Waals surface area contributed by atoms with Crippen molar-refractivity contribution in [1.82, 2.24) is 9.97 Å². The third-order valence-corrected chi connectivity index (χ3v) is 3.83. The molecule has 0 spiro atoms. The molecule has 2 aromatic heterocycles. The van der Waals surface area contributed by atoms with Crippen molar-refractivity contribution >= 4 is 28.8 Å². The Hall–Kier alpha value is -1.34. The normalized spacial score (nSPS) is 12.0. The van der Waals surface area contributed by atoms with E-state index < -0.39 is 17.2 Å². The predicted octanol–water partition coefficient (Wildman–Crippen LogP) is 4.63. The molecule has 2 rings (SSSR count). The SMILES string of the molecule is CC(C)N(Cc1cccs1)c1cc(C(F)(F)F)nc(Cl)n1. The fourth-order valence-electron chi connectivity index (χ4n) is 1.80. The lowest BCUT2D eigenvalue weighted by Crippen LogP contribution is -2.31. The predicted molar refractivity (Wildman–Crippen MR) is 77.7 cm³/mol. The summed E-state index contributed by atoms with van der Waals surface area (Å²) in [6.45, 7) is 4.24. The molecule has 0 bridgehead atoms. The molecule has 0 saturated carbocycles. The summed E-state index contributed by atoms with van der Waals surface area (Å²) in [5.74, 6) is 0.172. The first kappa shape index (κ1) is 16.0. The Morgan fingerprint density at radius 3 is 2.57 bits per heavy atom. The van der Waals surface area contributed by atoms with E-state index in [1.807, 2.05) is 31.4 Å². The smallest absolute Gasteiger partial charge is 0.349 e. The van der Waals surface area contributed by atoms with Gasteiger partial charge in [0.1, 0.15) is 5.82 Å². The molecule has 0 saturated heterocycles. The van der Waals surface area contributed by atoms with E-state index in [9.17, 15) is 13.2 Å². The first-order valence-corrected chi connectivity index (χ1v) is 7.44. The van der Waals surface area contributed by atoms with Crippen LogP contribution in [0.15, 0.2) is 23.6 Å². The molecule has 21 heavy (non-hydrogen) atoms. The summed E-state index contributed by atoms with van der Waals surface area (Å²) in [6, 6.07) is 4.72. The summed E-state index contributed by atoms with van der Waals surface area (Å²) in [5.41, 5.74) is -1.03. The maximum atomic E-state index is 12.8. The molecule has 114 valence electrons. The Balaban J connectivity index is 2.38. The van der Waals surface area contributed by atoms with Crippen LogP contribution >= 0.6 is 22.9 Å². The quantitative estimate of drug-likeness (QED) is 0.763. The van der Waals surface area contributed by atoms with Gasteiger partial charge in [-0.2, -0.15) is 13.2 Å². The molecule has 0 unspecified atom stereocenters. The topological polar surface area (TPSA) is 29.0 Å². The number of halogens is 4. The lowest BCUT2D eigenvalue weighted by Gasteiger charge is -2.27. The van der Waals surface area contributed by atoms with Crippen LogP contribution < -0.4 is 4.90 Å². The maximum absolute atomic E-state index is 12.8. The third kappa shape index (κ3) is 4.07. The second-order valence-corrected chi connectivity index (χ2v) is 6.05. The molecule has 0 aliphatic heterocycles. The lowest BCUT2D eigenvalue weighted by molar-refractivity contribution is -0.141.